The topological polar surface area (TPSA) is 102 Å². The first kappa shape index (κ1) is 28.6. The molecule has 8 nitrogen and oxygen atoms in total. The van der Waals surface area contributed by atoms with Crippen molar-refractivity contribution in [3.63, 3.8) is 0 Å². The van der Waals surface area contributed by atoms with Gasteiger partial charge >= 0.3 is 11.9 Å². The summed E-state index contributed by atoms with van der Waals surface area (Å²) in [6, 6.07) is 11.2. The number of carbonyl (C=O) groups is 3. The molecule has 0 spiro atoms. The highest BCUT2D eigenvalue weighted by Crippen LogP contribution is 2.54. The highest BCUT2D eigenvalue weighted by Gasteiger charge is 2.65. The van der Waals surface area contributed by atoms with Gasteiger partial charge in [-0.3, -0.25) is 9.59 Å². The summed E-state index contributed by atoms with van der Waals surface area (Å²) in [7, 11) is 0. The number of amides is 1. The first-order chi connectivity index (χ1) is 18.9. The molecule has 1 fully saturated rings. The third-order valence-corrected chi connectivity index (χ3v) is 9.68. The number of carboxylic acids is 1. The lowest BCUT2D eigenvalue weighted by molar-refractivity contribution is -0.163. The maximum absolute atomic E-state index is 14.7. The number of thioether (sulfide) groups is 1. The van der Waals surface area contributed by atoms with Gasteiger partial charge in [-0.15, -0.1) is 11.8 Å². The molecular weight excluding hydrogens is 528 g/mol. The summed E-state index contributed by atoms with van der Waals surface area (Å²) >= 11 is 1.53. The van der Waals surface area contributed by atoms with E-state index in [1.54, 1.807) is 0 Å². The molecule has 2 aromatic carbocycles. The van der Waals surface area contributed by atoms with Crippen molar-refractivity contribution in [1.82, 2.24) is 9.80 Å². The minimum Gasteiger partial charge on any atom is -0.486 e. The van der Waals surface area contributed by atoms with Crippen LogP contribution in [-0.4, -0.2) is 67.4 Å². The largest absolute Gasteiger partial charge is 0.486 e. The van der Waals surface area contributed by atoms with E-state index in [-0.39, 0.29) is 33.4 Å². The third-order valence-electron chi connectivity index (χ3n) is 8.43. The lowest BCUT2D eigenvalue weighted by Gasteiger charge is -2.52. The zero-order valence-electron chi connectivity index (χ0n) is 23.9. The number of ketones is 1. The number of benzene rings is 2. The van der Waals surface area contributed by atoms with Gasteiger partial charge in [0.05, 0.1) is 11.8 Å². The van der Waals surface area contributed by atoms with Crippen LogP contribution in [-0.2, 0) is 14.4 Å². The molecule has 40 heavy (non-hydrogen) atoms. The van der Waals surface area contributed by atoms with Gasteiger partial charge in [0, 0.05) is 42.1 Å². The zero-order valence-corrected chi connectivity index (χ0v) is 24.7. The van der Waals surface area contributed by atoms with Crippen molar-refractivity contribution in [2.24, 2.45) is 10.8 Å². The molecule has 9 heteroatoms. The smallest absolute Gasteiger partial charge is 0.329 e. The van der Waals surface area contributed by atoms with Crippen LogP contribution in [0.4, 0.5) is 5.69 Å². The Morgan fingerprint density at radius 2 is 1.90 bits per heavy atom. The molecule has 0 aliphatic carbocycles. The van der Waals surface area contributed by atoms with Gasteiger partial charge in [-0.1, -0.05) is 44.5 Å². The van der Waals surface area contributed by atoms with Gasteiger partial charge in [0.25, 0.3) is 0 Å². The summed E-state index contributed by atoms with van der Waals surface area (Å²) in [5, 5.41) is 13.6. The lowest BCUT2D eigenvalue weighted by atomic mass is 9.70. The molecule has 3 aliphatic heterocycles. The van der Waals surface area contributed by atoms with E-state index in [4.69, 9.17) is 9.47 Å². The average molecular weight is 568 g/mol. The summed E-state index contributed by atoms with van der Waals surface area (Å²) in [5.74, 6) is -0.149. The van der Waals surface area contributed by atoms with Gasteiger partial charge in [0.15, 0.2) is 22.7 Å². The summed E-state index contributed by atoms with van der Waals surface area (Å²) in [6.07, 6.45) is 0.383. The van der Waals surface area contributed by atoms with Crippen LogP contribution in [0.2, 0.25) is 0 Å². The fraction of sp³-hybridized carbons (Fsp3) is 0.516. The van der Waals surface area contributed by atoms with Crippen molar-refractivity contribution < 1.29 is 29.0 Å². The van der Waals surface area contributed by atoms with E-state index in [0.29, 0.717) is 44.2 Å². The Bertz CT molecular complexity index is 1340. The molecule has 214 valence electrons. The maximum atomic E-state index is 14.7. The SMILES string of the molecule is CC(=O)[C@@]1(C(=O)O)CNCC[C@H]1[N+]1(CC(C)(C)C)C(=O)CSC(c2cccc3c2OCCO3)c2cc(C)ccc21. The summed E-state index contributed by atoms with van der Waals surface area (Å²) in [5.41, 5.74) is 1.60. The van der Waals surface area contributed by atoms with Crippen LogP contribution in [0.25, 0.3) is 0 Å². The second-order valence-electron chi connectivity index (χ2n) is 12.4. The Labute approximate surface area is 240 Å². The number of aliphatic carboxylic acids is 1. The number of fused-ring (bicyclic) bond motifs is 2. The number of aryl methyl sites for hydroxylation is 1. The molecule has 0 aromatic heterocycles. The number of para-hydroxylation sites is 1. The van der Waals surface area contributed by atoms with E-state index in [1.807, 2.05) is 37.3 Å². The van der Waals surface area contributed by atoms with E-state index in [0.717, 1.165) is 22.4 Å². The van der Waals surface area contributed by atoms with E-state index < -0.39 is 23.2 Å². The molecule has 3 aliphatic rings. The van der Waals surface area contributed by atoms with Crippen molar-refractivity contribution >= 4 is 35.1 Å². The highest BCUT2D eigenvalue weighted by molar-refractivity contribution is 8.00. The molecule has 3 heterocycles. The van der Waals surface area contributed by atoms with Crippen molar-refractivity contribution in [3.8, 4) is 11.5 Å². The fourth-order valence-electron chi connectivity index (χ4n) is 6.89. The monoisotopic (exact) mass is 567 g/mol. The quantitative estimate of drug-likeness (QED) is 0.402. The van der Waals surface area contributed by atoms with Gasteiger partial charge in [-0.25, -0.2) is 9.28 Å². The molecule has 1 saturated heterocycles. The molecular formula is C31H39N2O6S+. The molecule has 1 amide bonds. The van der Waals surface area contributed by atoms with E-state index in [2.05, 4.69) is 32.2 Å². The number of ether oxygens (including phenoxy) is 2. The van der Waals surface area contributed by atoms with Crippen LogP contribution in [0.5, 0.6) is 11.5 Å². The number of rotatable bonds is 5. The van der Waals surface area contributed by atoms with Crippen LogP contribution < -0.4 is 19.3 Å². The van der Waals surface area contributed by atoms with Crippen LogP contribution >= 0.6 is 11.8 Å². The van der Waals surface area contributed by atoms with Gasteiger partial charge in [-0.2, -0.15) is 0 Å². The Balaban J connectivity index is 1.82. The molecule has 0 radical (unpaired) electrons. The van der Waals surface area contributed by atoms with E-state index >= 15 is 0 Å². The minimum atomic E-state index is -1.74. The molecule has 2 unspecified atom stereocenters. The average Bonchev–Trinajstić information content (AvgIpc) is 3.01. The van der Waals surface area contributed by atoms with Gasteiger partial charge in [0.2, 0.25) is 0 Å². The molecule has 4 atom stereocenters. The van der Waals surface area contributed by atoms with Gasteiger partial charge in [-0.05, 0) is 26.0 Å². The van der Waals surface area contributed by atoms with Crippen LogP contribution in [0, 0.1) is 17.8 Å². The summed E-state index contributed by atoms with van der Waals surface area (Å²) < 4.78 is 11.8. The second-order valence-corrected chi connectivity index (χ2v) is 13.5. The second kappa shape index (κ2) is 10.5. The predicted octanol–water partition coefficient (Wildman–Crippen LogP) is 4.50. The predicted molar refractivity (Wildman–Crippen MR) is 156 cm³/mol. The molecule has 2 N–H and O–H groups in total. The number of quaternary nitrogens is 1. The fourth-order valence-corrected chi connectivity index (χ4v) is 8.16. The minimum absolute atomic E-state index is 0.00506. The maximum Gasteiger partial charge on any atom is 0.329 e. The van der Waals surface area contributed by atoms with Crippen molar-refractivity contribution in [3.05, 3.63) is 53.1 Å². The van der Waals surface area contributed by atoms with Crippen LogP contribution in [0.1, 0.15) is 56.1 Å². The van der Waals surface area contributed by atoms with Crippen molar-refractivity contribution in [2.75, 3.05) is 38.6 Å². The first-order valence-corrected chi connectivity index (χ1v) is 14.9. The van der Waals surface area contributed by atoms with Crippen LogP contribution in [0.15, 0.2) is 36.4 Å². The van der Waals surface area contributed by atoms with Crippen molar-refractivity contribution in [2.45, 2.75) is 52.3 Å². The first-order valence-electron chi connectivity index (χ1n) is 13.9. The molecule has 5 rings (SSSR count). The molecule has 0 saturated carbocycles. The number of nitrogens with zero attached hydrogens (tertiary/aromatic N) is 1. The number of nitrogens with one attached hydrogen (secondary N) is 1. The number of carboxylic acid groups (broad SMARTS) is 1. The summed E-state index contributed by atoms with van der Waals surface area (Å²) in [6.45, 7) is 11.4. The molecule has 0 bridgehead atoms. The number of carbonyl (C=O) groups excluding carboxylic acids is 2. The van der Waals surface area contributed by atoms with E-state index in [9.17, 15) is 19.5 Å². The lowest BCUT2D eigenvalue weighted by Crippen LogP contribution is -2.75. The van der Waals surface area contributed by atoms with Crippen LogP contribution in [0.3, 0.4) is 0 Å². The molecule has 2 aromatic rings. The Morgan fingerprint density at radius 3 is 2.60 bits per heavy atom. The van der Waals surface area contributed by atoms with E-state index in [1.165, 1.54) is 18.7 Å². The van der Waals surface area contributed by atoms with Crippen molar-refractivity contribution in [1.29, 1.82) is 0 Å². The third kappa shape index (κ3) is 4.62. The van der Waals surface area contributed by atoms with Gasteiger partial charge < -0.3 is 19.9 Å². The summed E-state index contributed by atoms with van der Waals surface area (Å²) in [4.78, 5) is 41.1. The number of hydrogen-bond donors (Lipinski definition) is 2. The number of hydrogen-bond acceptors (Lipinski definition) is 7. The normalized spacial score (nSPS) is 28.4. The Kier molecular flexibility index (Phi) is 7.52. The highest BCUT2D eigenvalue weighted by atomic mass is 32.2. The zero-order chi connectivity index (χ0) is 28.9. The Hall–Kier alpha value is -2.88. The Morgan fingerprint density at radius 1 is 1.15 bits per heavy atom. The van der Waals surface area contributed by atoms with Gasteiger partial charge in [0.1, 0.15) is 30.7 Å². The number of Topliss-reactive ketones (excluding diaryl/α,β-unsaturated/α-hetero) is 1. The standard InChI is InChI=1S/C31H38N2O6S/c1-19-9-10-23-22(15-19)28(21-7-6-8-24-27(21)39-14-13-38-24)40-16-26(35)33(23,18-30(3,4)5)25-11-12-32-17-31(25,20(2)34)29(36)37/h6-10,15,25,28,32H,11-14,16-18H2,1-5H3/p+1/t25-,28?,31+,33?/m1/s1. The number of piperidine rings is 1.